The van der Waals surface area contributed by atoms with Crippen molar-refractivity contribution >= 4 is 5.96 Å². The normalized spacial score (nSPS) is 12.4. The Balaban J connectivity index is 2.04. The predicted molar refractivity (Wildman–Crippen MR) is 84.7 cm³/mol. The molecule has 0 saturated heterocycles. The molecule has 112 valence electrons. The fourth-order valence-corrected chi connectivity index (χ4v) is 1.70. The summed E-state index contributed by atoms with van der Waals surface area (Å²) < 4.78 is 5.61. The van der Waals surface area contributed by atoms with Crippen molar-refractivity contribution in [3.8, 4) is 0 Å². The van der Waals surface area contributed by atoms with Crippen LogP contribution in [-0.4, -0.2) is 24.7 Å². The quantitative estimate of drug-likeness (QED) is 0.457. The molecule has 0 heterocycles. The smallest absolute Gasteiger partial charge is 0.188 e. The zero-order valence-electron chi connectivity index (χ0n) is 12.9. The van der Waals surface area contributed by atoms with E-state index in [1.54, 1.807) is 0 Å². The van der Waals surface area contributed by atoms with Gasteiger partial charge < -0.3 is 15.8 Å². The monoisotopic (exact) mass is 277 g/mol. The minimum Gasteiger partial charge on any atom is -0.377 e. The summed E-state index contributed by atoms with van der Waals surface area (Å²) in [6.45, 7) is 8.37. The molecule has 4 nitrogen and oxygen atoms in total. The number of nitrogens with zero attached hydrogens (tertiary/aromatic N) is 1. The highest BCUT2D eigenvalue weighted by molar-refractivity contribution is 5.78. The van der Waals surface area contributed by atoms with Crippen molar-refractivity contribution in [3.63, 3.8) is 0 Å². The first-order valence-electron chi connectivity index (χ1n) is 7.17. The van der Waals surface area contributed by atoms with Gasteiger partial charge in [0.25, 0.3) is 0 Å². The van der Waals surface area contributed by atoms with E-state index in [0.29, 0.717) is 12.6 Å². The van der Waals surface area contributed by atoms with Crippen LogP contribution in [0.3, 0.4) is 0 Å². The lowest BCUT2D eigenvalue weighted by molar-refractivity contribution is 0.117. The van der Waals surface area contributed by atoms with Gasteiger partial charge in [0, 0.05) is 18.7 Å². The third kappa shape index (κ3) is 8.53. The Hall–Kier alpha value is -1.55. The number of nitrogens with two attached hydrogens (primary N) is 1. The highest BCUT2D eigenvalue weighted by atomic mass is 16.5. The topological polar surface area (TPSA) is 59.6 Å². The van der Waals surface area contributed by atoms with Gasteiger partial charge in [0.2, 0.25) is 0 Å². The summed E-state index contributed by atoms with van der Waals surface area (Å²) in [5.74, 6) is 0.516. The first kappa shape index (κ1) is 16.5. The van der Waals surface area contributed by atoms with Crippen LogP contribution in [0.4, 0.5) is 0 Å². The van der Waals surface area contributed by atoms with E-state index in [2.05, 4.69) is 43.2 Å². The number of aliphatic imine (C=N–C) groups is 1. The molecule has 0 aromatic heterocycles. The van der Waals surface area contributed by atoms with Crippen LogP contribution >= 0.6 is 0 Å². The van der Waals surface area contributed by atoms with Crippen LogP contribution in [0.2, 0.25) is 0 Å². The van der Waals surface area contributed by atoms with Crippen molar-refractivity contribution < 1.29 is 4.74 Å². The standard InChI is InChI=1S/C16H27N3O/c1-16(2,3)19-15(17)18-11-7-8-12-20-13-14-9-5-4-6-10-14/h4-6,9-10H,7-8,11-13H2,1-3H3,(H3,17,18,19). The van der Waals surface area contributed by atoms with Crippen LogP contribution in [0.1, 0.15) is 39.2 Å². The van der Waals surface area contributed by atoms with Crippen LogP contribution in [-0.2, 0) is 11.3 Å². The van der Waals surface area contributed by atoms with Crippen LogP contribution < -0.4 is 11.1 Å². The van der Waals surface area contributed by atoms with E-state index in [1.165, 1.54) is 5.56 Å². The van der Waals surface area contributed by atoms with E-state index >= 15 is 0 Å². The van der Waals surface area contributed by atoms with E-state index in [0.717, 1.165) is 26.0 Å². The molecule has 0 radical (unpaired) electrons. The molecule has 20 heavy (non-hydrogen) atoms. The molecule has 1 aromatic rings. The first-order valence-corrected chi connectivity index (χ1v) is 7.17. The highest BCUT2D eigenvalue weighted by Crippen LogP contribution is 2.02. The molecular weight excluding hydrogens is 250 g/mol. The van der Waals surface area contributed by atoms with Crippen LogP contribution in [0.15, 0.2) is 35.3 Å². The second-order valence-corrected chi connectivity index (χ2v) is 5.89. The zero-order chi connectivity index (χ0) is 14.8. The number of guanidine groups is 1. The maximum atomic E-state index is 5.78. The Labute approximate surface area is 122 Å². The van der Waals surface area contributed by atoms with E-state index in [-0.39, 0.29) is 5.54 Å². The van der Waals surface area contributed by atoms with Gasteiger partial charge in [-0.1, -0.05) is 30.3 Å². The molecule has 1 aromatic carbocycles. The molecule has 0 saturated carbocycles. The summed E-state index contributed by atoms with van der Waals surface area (Å²) in [5, 5.41) is 3.14. The van der Waals surface area contributed by atoms with Gasteiger partial charge in [0.15, 0.2) is 5.96 Å². The average Bonchev–Trinajstić information content (AvgIpc) is 2.37. The van der Waals surface area contributed by atoms with Crippen molar-refractivity contribution in [1.82, 2.24) is 5.32 Å². The molecule has 3 N–H and O–H groups in total. The van der Waals surface area contributed by atoms with E-state index in [4.69, 9.17) is 10.5 Å². The van der Waals surface area contributed by atoms with Gasteiger partial charge in [-0.2, -0.15) is 0 Å². The van der Waals surface area contributed by atoms with Crippen molar-refractivity contribution in [2.45, 2.75) is 45.8 Å². The Morgan fingerprint density at radius 1 is 1.20 bits per heavy atom. The molecular formula is C16H27N3O. The number of unbranched alkanes of at least 4 members (excludes halogenated alkanes) is 1. The van der Waals surface area contributed by atoms with E-state index < -0.39 is 0 Å². The number of rotatable bonds is 7. The van der Waals surface area contributed by atoms with E-state index in [1.807, 2.05) is 18.2 Å². The lowest BCUT2D eigenvalue weighted by atomic mass is 10.1. The molecule has 0 amide bonds. The Morgan fingerprint density at radius 3 is 2.55 bits per heavy atom. The molecule has 0 spiro atoms. The SMILES string of the molecule is CC(C)(C)NC(N)=NCCCCOCc1ccccc1. The first-order chi connectivity index (χ1) is 9.47. The third-order valence-electron chi connectivity index (χ3n) is 2.59. The van der Waals surface area contributed by atoms with Gasteiger partial charge in [0.05, 0.1) is 6.61 Å². The van der Waals surface area contributed by atoms with Gasteiger partial charge in [-0.05, 0) is 39.2 Å². The molecule has 0 aliphatic carbocycles. The van der Waals surface area contributed by atoms with Crippen LogP contribution in [0.25, 0.3) is 0 Å². The molecule has 0 atom stereocenters. The summed E-state index contributed by atoms with van der Waals surface area (Å²) in [5.41, 5.74) is 6.96. The number of nitrogens with one attached hydrogen (secondary N) is 1. The average molecular weight is 277 g/mol. The van der Waals surface area contributed by atoms with Gasteiger partial charge in [-0.3, -0.25) is 4.99 Å². The summed E-state index contributed by atoms with van der Waals surface area (Å²) in [4.78, 5) is 4.29. The number of ether oxygens (including phenoxy) is 1. The minimum atomic E-state index is -0.0353. The number of hydrogen-bond donors (Lipinski definition) is 2. The summed E-state index contributed by atoms with van der Waals surface area (Å²) in [6.07, 6.45) is 1.99. The lowest BCUT2D eigenvalue weighted by Gasteiger charge is -2.20. The summed E-state index contributed by atoms with van der Waals surface area (Å²) in [6, 6.07) is 10.2. The zero-order valence-corrected chi connectivity index (χ0v) is 12.9. The second kappa shape index (κ2) is 8.59. The maximum absolute atomic E-state index is 5.78. The molecule has 0 unspecified atom stereocenters. The van der Waals surface area contributed by atoms with Crippen molar-refractivity contribution in [2.24, 2.45) is 10.7 Å². The van der Waals surface area contributed by atoms with Crippen LogP contribution in [0, 0.1) is 0 Å². The predicted octanol–water partition coefficient (Wildman–Crippen LogP) is 2.69. The second-order valence-electron chi connectivity index (χ2n) is 5.89. The van der Waals surface area contributed by atoms with Gasteiger partial charge in [-0.25, -0.2) is 0 Å². The summed E-state index contributed by atoms with van der Waals surface area (Å²) >= 11 is 0. The van der Waals surface area contributed by atoms with Gasteiger partial charge >= 0.3 is 0 Å². The Bertz CT molecular complexity index is 396. The number of hydrogen-bond acceptors (Lipinski definition) is 2. The maximum Gasteiger partial charge on any atom is 0.188 e. The molecule has 0 fully saturated rings. The Morgan fingerprint density at radius 2 is 1.90 bits per heavy atom. The highest BCUT2D eigenvalue weighted by Gasteiger charge is 2.09. The minimum absolute atomic E-state index is 0.0353. The van der Waals surface area contributed by atoms with Crippen LogP contribution in [0.5, 0.6) is 0 Å². The summed E-state index contributed by atoms with van der Waals surface area (Å²) in [7, 11) is 0. The van der Waals surface area contributed by atoms with Crippen molar-refractivity contribution in [2.75, 3.05) is 13.2 Å². The molecule has 0 aliphatic heterocycles. The molecule has 1 rings (SSSR count). The fraction of sp³-hybridized carbons (Fsp3) is 0.562. The van der Waals surface area contributed by atoms with E-state index in [9.17, 15) is 0 Å². The van der Waals surface area contributed by atoms with Gasteiger partial charge in [-0.15, -0.1) is 0 Å². The molecule has 4 heteroatoms. The lowest BCUT2D eigenvalue weighted by Crippen LogP contribution is -2.45. The molecule has 0 bridgehead atoms. The Kier molecular flexibility index (Phi) is 7.09. The fourth-order valence-electron chi connectivity index (χ4n) is 1.70. The largest absolute Gasteiger partial charge is 0.377 e. The molecule has 0 aliphatic rings. The number of benzene rings is 1. The van der Waals surface area contributed by atoms with Gasteiger partial charge in [0.1, 0.15) is 0 Å². The third-order valence-corrected chi connectivity index (χ3v) is 2.59. The van der Waals surface area contributed by atoms with Crippen molar-refractivity contribution in [3.05, 3.63) is 35.9 Å². The van der Waals surface area contributed by atoms with Crippen molar-refractivity contribution in [1.29, 1.82) is 0 Å².